The normalized spacial score (nSPS) is 18.3. The van der Waals surface area contributed by atoms with Crippen molar-refractivity contribution in [3.63, 3.8) is 0 Å². The maximum absolute atomic E-state index is 13.6. The Morgan fingerprint density at radius 2 is 1.83 bits per heavy atom. The molecule has 5 rings (SSSR count). The van der Waals surface area contributed by atoms with E-state index >= 15 is 0 Å². The molecule has 190 valence electrons. The number of rotatable bonds is 8. The molecule has 0 saturated carbocycles. The number of likely N-dealkylation sites (tertiary alicyclic amines) is 2. The zero-order valence-electron chi connectivity index (χ0n) is 20.1. The van der Waals surface area contributed by atoms with Gasteiger partial charge in [-0.3, -0.25) is 9.80 Å². The van der Waals surface area contributed by atoms with Crippen LogP contribution in [0.5, 0.6) is 11.5 Å². The highest BCUT2D eigenvalue weighted by Gasteiger charge is 2.31. The maximum Gasteiger partial charge on any atom is 0.162 e. The number of anilines is 2. The second-order valence-electron chi connectivity index (χ2n) is 9.14. The summed E-state index contributed by atoms with van der Waals surface area (Å²) in [6.07, 6.45) is 6.30. The van der Waals surface area contributed by atoms with E-state index in [0.717, 1.165) is 63.5 Å². The highest BCUT2D eigenvalue weighted by Crippen LogP contribution is 2.36. The molecule has 10 heteroatoms. The number of carbonyl (C=O) groups excluding carboxylic acids is 1. The minimum absolute atomic E-state index is 0.00424. The van der Waals surface area contributed by atoms with E-state index < -0.39 is 5.82 Å². The fraction of sp³-hybridized carbons (Fsp3) is 0.423. The number of carbonyl (C=O) groups is 1. The number of aromatic nitrogens is 2. The first-order chi connectivity index (χ1) is 17.6. The molecule has 1 atom stereocenters. The van der Waals surface area contributed by atoms with E-state index in [2.05, 4.69) is 25.1 Å². The van der Waals surface area contributed by atoms with Gasteiger partial charge in [-0.1, -0.05) is 11.6 Å². The van der Waals surface area contributed by atoms with Gasteiger partial charge in [-0.2, -0.15) is 0 Å². The molecule has 1 N–H and O–H groups in total. The second kappa shape index (κ2) is 10.9. The van der Waals surface area contributed by atoms with Gasteiger partial charge >= 0.3 is 0 Å². The number of hydrogen-bond acceptors (Lipinski definition) is 8. The van der Waals surface area contributed by atoms with Crippen LogP contribution in [0.25, 0.3) is 10.9 Å². The molecule has 2 aliphatic heterocycles. The van der Waals surface area contributed by atoms with Crippen LogP contribution in [0.1, 0.15) is 25.7 Å². The standard InChI is InChI=1S/C26H29ClFN5O3/c1-35-23-14-22-19(26(30-16-29-22)31-17-4-5-21(28)20(27)12-17)13-24(23)36-18-6-10-33(11-7-18)25(15-34)32-8-2-3-9-32/h4-5,12-16,18,25H,2-3,6-11H2,1H3,(H,29,30,31). The molecule has 36 heavy (non-hydrogen) atoms. The lowest BCUT2D eigenvalue weighted by Crippen LogP contribution is -2.52. The predicted octanol–water partition coefficient (Wildman–Crippen LogP) is 4.64. The molecule has 2 saturated heterocycles. The number of aldehydes is 1. The fourth-order valence-electron chi connectivity index (χ4n) is 4.97. The van der Waals surface area contributed by atoms with Crippen LogP contribution < -0.4 is 14.8 Å². The summed E-state index contributed by atoms with van der Waals surface area (Å²) in [7, 11) is 1.60. The van der Waals surface area contributed by atoms with Crippen LogP contribution in [0, 0.1) is 5.82 Å². The summed E-state index contributed by atoms with van der Waals surface area (Å²) in [4.78, 5) is 25.1. The van der Waals surface area contributed by atoms with Gasteiger partial charge in [0.05, 0.1) is 17.6 Å². The summed E-state index contributed by atoms with van der Waals surface area (Å²) >= 11 is 5.94. The minimum Gasteiger partial charge on any atom is -0.493 e. The zero-order chi connectivity index (χ0) is 25.1. The van der Waals surface area contributed by atoms with Crippen LogP contribution in [0.4, 0.5) is 15.9 Å². The van der Waals surface area contributed by atoms with Crippen molar-refractivity contribution >= 4 is 40.3 Å². The number of piperidine rings is 1. The van der Waals surface area contributed by atoms with Gasteiger partial charge in [-0.25, -0.2) is 14.4 Å². The van der Waals surface area contributed by atoms with Crippen molar-refractivity contribution in [2.75, 3.05) is 38.6 Å². The average Bonchev–Trinajstić information content (AvgIpc) is 3.42. The van der Waals surface area contributed by atoms with Crippen molar-refractivity contribution in [2.24, 2.45) is 0 Å². The lowest BCUT2D eigenvalue weighted by Gasteiger charge is -2.38. The van der Waals surface area contributed by atoms with Crippen molar-refractivity contribution in [1.82, 2.24) is 19.8 Å². The van der Waals surface area contributed by atoms with E-state index in [1.807, 2.05) is 12.1 Å². The lowest BCUT2D eigenvalue weighted by atomic mass is 10.1. The smallest absolute Gasteiger partial charge is 0.162 e. The predicted molar refractivity (Wildman–Crippen MR) is 137 cm³/mol. The van der Waals surface area contributed by atoms with Gasteiger partial charge < -0.3 is 19.6 Å². The van der Waals surface area contributed by atoms with Crippen LogP contribution in [0.15, 0.2) is 36.7 Å². The number of benzene rings is 2. The molecule has 0 amide bonds. The topological polar surface area (TPSA) is 79.8 Å². The first kappa shape index (κ1) is 24.7. The number of nitrogens with zero attached hydrogens (tertiary/aromatic N) is 4. The van der Waals surface area contributed by atoms with Crippen LogP contribution in [-0.2, 0) is 4.79 Å². The largest absolute Gasteiger partial charge is 0.493 e. The maximum atomic E-state index is 13.6. The Bertz CT molecular complexity index is 1230. The summed E-state index contributed by atoms with van der Waals surface area (Å²) in [6.45, 7) is 3.55. The molecule has 1 unspecified atom stereocenters. The van der Waals surface area contributed by atoms with Crippen LogP contribution in [-0.4, -0.2) is 71.6 Å². The summed E-state index contributed by atoms with van der Waals surface area (Å²) in [5.41, 5.74) is 1.29. The van der Waals surface area contributed by atoms with Crippen molar-refractivity contribution in [1.29, 1.82) is 0 Å². The van der Waals surface area contributed by atoms with E-state index in [4.69, 9.17) is 21.1 Å². The van der Waals surface area contributed by atoms with E-state index in [1.165, 1.54) is 18.5 Å². The Balaban J connectivity index is 1.33. The summed E-state index contributed by atoms with van der Waals surface area (Å²) in [5, 5.41) is 3.95. The van der Waals surface area contributed by atoms with Gasteiger partial charge in [0.2, 0.25) is 0 Å². The number of ether oxygens (including phenoxy) is 2. The number of halogens is 2. The minimum atomic E-state index is -0.485. The molecule has 0 bridgehead atoms. The first-order valence-electron chi connectivity index (χ1n) is 12.2. The molecule has 3 aromatic rings. The number of hydrogen-bond donors (Lipinski definition) is 1. The van der Waals surface area contributed by atoms with Gasteiger partial charge in [0.1, 0.15) is 30.2 Å². The molecule has 0 aliphatic carbocycles. The van der Waals surface area contributed by atoms with Crippen molar-refractivity contribution < 1.29 is 18.7 Å². The van der Waals surface area contributed by atoms with E-state index in [0.29, 0.717) is 28.5 Å². The summed E-state index contributed by atoms with van der Waals surface area (Å²) < 4.78 is 25.6. The van der Waals surface area contributed by atoms with Gasteiger partial charge in [-0.05, 0) is 49.9 Å². The highest BCUT2D eigenvalue weighted by atomic mass is 35.5. The third kappa shape index (κ3) is 5.23. The Morgan fingerprint density at radius 3 is 2.53 bits per heavy atom. The molecule has 1 aromatic heterocycles. The Hall–Kier alpha value is -3.01. The van der Waals surface area contributed by atoms with Crippen molar-refractivity contribution in [3.05, 3.63) is 47.5 Å². The molecule has 2 aromatic carbocycles. The molecule has 8 nitrogen and oxygen atoms in total. The van der Waals surface area contributed by atoms with E-state index in [1.54, 1.807) is 13.2 Å². The molecule has 2 aliphatic rings. The van der Waals surface area contributed by atoms with Gasteiger partial charge in [0.25, 0.3) is 0 Å². The van der Waals surface area contributed by atoms with Gasteiger partial charge in [0.15, 0.2) is 17.8 Å². The second-order valence-corrected chi connectivity index (χ2v) is 9.55. The lowest BCUT2D eigenvalue weighted by molar-refractivity contribution is -0.119. The molecular weight excluding hydrogens is 485 g/mol. The van der Waals surface area contributed by atoms with Gasteiger partial charge in [-0.15, -0.1) is 0 Å². The quantitative estimate of drug-likeness (QED) is 0.436. The van der Waals surface area contributed by atoms with Gasteiger partial charge in [0, 0.05) is 43.3 Å². The number of methoxy groups -OCH3 is 1. The van der Waals surface area contributed by atoms with Crippen LogP contribution >= 0.6 is 11.6 Å². The molecular formula is C26H29ClFN5O3. The Morgan fingerprint density at radius 1 is 1.08 bits per heavy atom. The Labute approximate surface area is 214 Å². The average molecular weight is 514 g/mol. The van der Waals surface area contributed by atoms with Crippen LogP contribution in [0.2, 0.25) is 5.02 Å². The first-order valence-corrected chi connectivity index (χ1v) is 12.6. The molecule has 0 radical (unpaired) electrons. The summed E-state index contributed by atoms with van der Waals surface area (Å²) in [5.74, 6) is 1.25. The number of nitrogens with one attached hydrogen (secondary N) is 1. The van der Waals surface area contributed by atoms with Crippen molar-refractivity contribution in [3.8, 4) is 11.5 Å². The van der Waals surface area contributed by atoms with E-state index in [-0.39, 0.29) is 17.3 Å². The molecule has 3 heterocycles. The highest BCUT2D eigenvalue weighted by molar-refractivity contribution is 6.31. The third-order valence-electron chi connectivity index (χ3n) is 6.88. The fourth-order valence-corrected chi connectivity index (χ4v) is 5.15. The van der Waals surface area contributed by atoms with Crippen LogP contribution in [0.3, 0.4) is 0 Å². The number of fused-ring (bicyclic) bond motifs is 1. The third-order valence-corrected chi connectivity index (χ3v) is 7.17. The monoisotopic (exact) mass is 513 g/mol. The van der Waals surface area contributed by atoms with E-state index in [9.17, 15) is 9.18 Å². The van der Waals surface area contributed by atoms with Crippen molar-refractivity contribution in [2.45, 2.75) is 38.0 Å². The Kier molecular flexibility index (Phi) is 7.50. The molecule has 2 fully saturated rings. The SMILES string of the molecule is COc1cc2ncnc(Nc3ccc(F)c(Cl)c3)c2cc1OC1CCN(C(C=O)N2CCCC2)CC1. The zero-order valence-corrected chi connectivity index (χ0v) is 20.9. The molecule has 0 spiro atoms. The summed E-state index contributed by atoms with van der Waals surface area (Å²) in [6, 6.07) is 8.09.